The minimum absolute atomic E-state index is 0.0600. The first-order valence-electron chi connectivity index (χ1n) is 9.81. The zero-order chi connectivity index (χ0) is 19.3. The van der Waals surface area contributed by atoms with Crippen molar-refractivity contribution >= 4 is 5.91 Å². The fraction of sp³-hybridized carbons (Fsp3) is 0.409. The highest BCUT2D eigenvalue weighted by Crippen LogP contribution is 2.32. The predicted octanol–water partition coefficient (Wildman–Crippen LogP) is 2.16. The van der Waals surface area contributed by atoms with Gasteiger partial charge in [0.15, 0.2) is 11.5 Å². The lowest BCUT2D eigenvalue weighted by Crippen LogP contribution is -2.49. The first-order chi connectivity index (χ1) is 13.7. The summed E-state index contributed by atoms with van der Waals surface area (Å²) in [5.41, 5.74) is 3.67. The lowest BCUT2D eigenvalue weighted by Gasteiger charge is -2.34. The number of hydrogen-bond acceptors (Lipinski definition) is 5. The van der Waals surface area contributed by atoms with Crippen molar-refractivity contribution in [2.24, 2.45) is 0 Å². The normalized spacial score (nSPS) is 16.9. The molecule has 0 saturated carbocycles. The van der Waals surface area contributed by atoms with Crippen LogP contribution in [0.15, 0.2) is 42.5 Å². The molecule has 0 spiro atoms. The summed E-state index contributed by atoms with van der Waals surface area (Å²) in [6, 6.07) is 14.4. The Kier molecular flexibility index (Phi) is 5.78. The van der Waals surface area contributed by atoms with E-state index in [1.807, 2.05) is 18.2 Å². The van der Waals surface area contributed by atoms with Gasteiger partial charge in [-0.1, -0.05) is 35.9 Å². The van der Waals surface area contributed by atoms with Crippen LogP contribution < -0.4 is 14.8 Å². The number of carbonyl (C=O) groups is 1. The van der Waals surface area contributed by atoms with Crippen molar-refractivity contribution in [2.45, 2.75) is 20.0 Å². The van der Waals surface area contributed by atoms with E-state index in [1.54, 1.807) is 0 Å². The van der Waals surface area contributed by atoms with Gasteiger partial charge in [-0.05, 0) is 30.2 Å². The van der Waals surface area contributed by atoms with Crippen LogP contribution in [-0.2, 0) is 17.9 Å². The Morgan fingerprint density at radius 1 is 0.964 bits per heavy atom. The van der Waals surface area contributed by atoms with Crippen molar-refractivity contribution in [3.63, 3.8) is 0 Å². The maximum Gasteiger partial charge on any atom is 0.234 e. The summed E-state index contributed by atoms with van der Waals surface area (Å²) >= 11 is 0. The summed E-state index contributed by atoms with van der Waals surface area (Å²) in [7, 11) is 0. The Bertz CT molecular complexity index is 832. The molecule has 2 aromatic rings. The minimum atomic E-state index is 0.0600. The van der Waals surface area contributed by atoms with Crippen molar-refractivity contribution in [3.05, 3.63) is 59.2 Å². The van der Waals surface area contributed by atoms with Crippen molar-refractivity contribution in [2.75, 3.05) is 39.5 Å². The monoisotopic (exact) mass is 381 g/mol. The number of benzene rings is 2. The molecule has 1 amide bonds. The molecule has 2 aliphatic rings. The van der Waals surface area contributed by atoms with Crippen LogP contribution in [0.5, 0.6) is 11.5 Å². The lowest BCUT2D eigenvalue weighted by atomic mass is 10.1. The van der Waals surface area contributed by atoms with E-state index in [4.69, 9.17) is 9.47 Å². The number of carbonyl (C=O) groups excluding carboxylic acids is 1. The lowest BCUT2D eigenvalue weighted by molar-refractivity contribution is -0.122. The molecule has 0 unspecified atom stereocenters. The summed E-state index contributed by atoms with van der Waals surface area (Å²) in [4.78, 5) is 17.0. The molecular weight excluding hydrogens is 354 g/mol. The standard InChI is InChI=1S/C22H27N3O3/c1-17-3-2-4-19(11-17)14-24-7-9-25(10-8-24)15-22(26)23-13-18-5-6-20-21(12-18)28-16-27-20/h2-6,11-12H,7-10,13-16H2,1H3,(H,23,26). The Balaban J connectivity index is 1.19. The second-order valence-electron chi connectivity index (χ2n) is 7.51. The highest BCUT2D eigenvalue weighted by Gasteiger charge is 2.19. The van der Waals surface area contributed by atoms with Crippen LogP contribution in [0.3, 0.4) is 0 Å². The molecule has 6 nitrogen and oxygen atoms in total. The van der Waals surface area contributed by atoms with E-state index < -0.39 is 0 Å². The van der Waals surface area contributed by atoms with Crippen molar-refractivity contribution in [1.29, 1.82) is 0 Å². The third-order valence-electron chi connectivity index (χ3n) is 5.25. The van der Waals surface area contributed by atoms with Gasteiger partial charge in [-0.25, -0.2) is 0 Å². The van der Waals surface area contributed by atoms with Crippen LogP contribution in [0.4, 0.5) is 0 Å². The van der Waals surface area contributed by atoms with Gasteiger partial charge in [-0.2, -0.15) is 0 Å². The molecule has 1 saturated heterocycles. The fourth-order valence-corrected chi connectivity index (χ4v) is 3.68. The number of nitrogens with one attached hydrogen (secondary N) is 1. The Hall–Kier alpha value is -2.57. The zero-order valence-electron chi connectivity index (χ0n) is 16.3. The van der Waals surface area contributed by atoms with Gasteiger partial charge >= 0.3 is 0 Å². The Morgan fingerprint density at radius 3 is 2.57 bits per heavy atom. The Labute approximate surface area is 166 Å². The SMILES string of the molecule is Cc1cccc(CN2CCN(CC(=O)NCc3ccc4c(c3)OCO4)CC2)c1. The largest absolute Gasteiger partial charge is 0.454 e. The number of amides is 1. The molecule has 1 N–H and O–H groups in total. The van der Waals surface area contributed by atoms with Gasteiger partial charge in [-0.15, -0.1) is 0 Å². The van der Waals surface area contributed by atoms with E-state index in [-0.39, 0.29) is 12.7 Å². The highest BCUT2D eigenvalue weighted by molar-refractivity contribution is 5.78. The van der Waals surface area contributed by atoms with E-state index in [9.17, 15) is 4.79 Å². The van der Waals surface area contributed by atoms with Crippen molar-refractivity contribution in [1.82, 2.24) is 15.1 Å². The topological polar surface area (TPSA) is 54.0 Å². The number of aryl methyl sites for hydroxylation is 1. The molecule has 4 rings (SSSR count). The van der Waals surface area contributed by atoms with Gasteiger partial charge in [0.05, 0.1) is 6.54 Å². The molecule has 0 atom stereocenters. The molecule has 148 valence electrons. The Morgan fingerprint density at radius 2 is 1.75 bits per heavy atom. The average Bonchev–Trinajstić information content (AvgIpc) is 3.16. The van der Waals surface area contributed by atoms with Crippen LogP contribution in [0, 0.1) is 6.92 Å². The summed E-state index contributed by atoms with van der Waals surface area (Å²) < 4.78 is 10.7. The summed E-state index contributed by atoms with van der Waals surface area (Å²) in [6.07, 6.45) is 0. The van der Waals surface area contributed by atoms with Crippen molar-refractivity contribution < 1.29 is 14.3 Å². The molecule has 0 aromatic heterocycles. The molecule has 2 aromatic carbocycles. The van der Waals surface area contributed by atoms with Crippen LogP contribution in [0.1, 0.15) is 16.7 Å². The second kappa shape index (κ2) is 8.63. The van der Waals surface area contributed by atoms with Gasteiger partial charge in [0.1, 0.15) is 0 Å². The fourth-order valence-electron chi connectivity index (χ4n) is 3.68. The first-order valence-corrected chi connectivity index (χ1v) is 9.81. The van der Waals surface area contributed by atoms with E-state index in [0.29, 0.717) is 13.1 Å². The number of fused-ring (bicyclic) bond motifs is 1. The molecule has 2 aliphatic heterocycles. The van der Waals surface area contributed by atoms with E-state index in [0.717, 1.165) is 49.8 Å². The van der Waals surface area contributed by atoms with Crippen molar-refractivity contribution in [3.8, 4) is 11.5 Å². The zero-order valence-corrected chi connectivity index (χ0v) is 16.3. The van der Waals surface area contributed by atoms with Crippen LogP contribution >= 0.6 is 0 Å². The summed E-state index contributed by atoms with van der Waals surface area (Å²) in [5, 5.41) is 3.00. The van der Waals surface area contributed by atoms with Crippen LogP contribution in [-0.4, -0.2) is 55.2 Å². The molecule has 0 aliphatic carbocycles. The third-order valence-corrected chi connectivity index (χ3v) is 5.25. The van der Waals surface area contributed by atoms with Crippen LogP contribution in [0.25, 0.3) is 0 Å². The third kappa shape index (κ3) is 4.82. The quantitative estimate of drug-likeness (QED) is 0.831. The van der Waals surface area contributed by atoms with Gasteiger partial charge in [-0.3, -0.25) is 14.6 Å². The van der Waals surface area contributed by atoms with Gasteiger partial charge < -0.3 is 14.8 Å². The molecule has 28 heavy (non-hydrogen) atoms. The minimum Gasteiger partial charge on any atom is -0.454 e. The molecule has 6 heteroatoms. The van der Waals surface area contributed by atoms with Crippen LogP contribution in [0.2, 0.25) is 0 Å². The predicted molar refractivity (Wildman–Crippen MR) is 107 cm³/mol. The average molecular weight is 381 g/mol. The number of rotatable bonds is 6. The van der Waals surface area contributed by atoms with Gasteiger partial charge in [0, 0.05) is 39.3 Å². The van der Waals surface area contributed by atoms with E-state index in [2.05, 4.69) is 46.3 Å². The molecule has 2 heterocycles. The van der Waals surface area contributed by atoms with E-state index >= 15 is 0 Å². The maximum atomic E-state index is 12.3. The number of nitrogens with zero attached hydrogens (tertiary/aromatic N) is 2. The first kappa shape index (κ1) is 18.8. The summed E-state index contributed by atoms with van der Waals surface area (Å²) in [5.74, 6) is 1.57. The number of hydrogen-bond donors (Lipinski definition) is 1. The maximum absolute atomic E-state index is 12.3. The molecular formula is C22H27N3O3. The van der Waals surface area contributed by atoms with Gasteiger partial charge in [0.2, 0.25) is 12.7 Å². The molecule has 0 bridgehead atoms. The highest BCUT2D eigenvalue weighted by atomic mass is 16.7. The summed E-state index contributed by atoms with van der Waals surface area (Å²) in [6.45, 7) is 8.14. The number of ether oxygens (including phenoxy) is 2. The molecule has 0 radical (unpaired) electrons. The van der Waals surface area contributed by atoms with E-state index in [1.165, 1.54) is 11.1 Å². The smallest absolute Gasteiger partial charge is 0.234 e. The van der Waals surface area contributed by atoms with Gasteiger partial charge in [0.25, 0.3) is 0 Å². The molecule has 1 fully saturated rings. The second-order valence-corrected chi connectivity index (χ2v) is 7.51. The number of piperazine rings is 1.